The van der Waals surface area contributed by atoms with Crippen molar-refractivity contribution in [2.24, 2.45) is 5.73 Å². The van der Waals surface area contributed by atoms with E-state index in [-0.39, 0.29) is 18.4 Å². The van der Waals surface area contributed by atoms with E-state index in [0.29, 0.717) is 24.4 Å². The molecule has 0 spiro atoms. The molecule has 1 aromatic carbocycles. The molecule has 2 unspecified atom stereocenters. The number of rotatable bonds is 6. The van der Waals surface area contributed by atoms with Gasteiger partial charge >= 0.3 is 0 Å². The summed E-state index contributed by atoms with van der Waals surface area (Å²) in [7, 11) is 3.03. The van der Waals surface area contributed by atoms with Gasteiger partial charge in [0, 0.05) is 13.7 Å². The maximum Gasteiger partial charge on any atom is 0.249 e. The molecule has 0 saturated carbocycles. The minimum atomic E-state index is -0.780. The lowest BCUT2D eigenvalue weighted by Crippen LogP contribution is -2.50. The first kappa shape index (κ1) is 16.3. The number of carbonyl (C=O) groups excluding carboxylic acids is 2. The van der Waals surface area contributed by atoms with Crippen molar-refractivity contribution in [3.63, 3.8) is 0 Å². The van der Waals surface area contributed by atoms with Crippen molar-refractivity contribution >= 4 is 17.5 Å². The van der Waals surface area contributed by atoms with Crippen LogP contribution in [0.5, 0.6) is 5.75 Å². The molecule has 0 aromatic heterocycles. The van der Waals surface area contributed by atoms with Crippen LogP contribution in [0.25, 0.3) is 0 Å². The van der Waals surface area contributed by atoms with Gasteiger partial charge in [0.1, 0.15) is 17.8 Å². The molecule has 1 aliphatic heterocycles. The maximum absolute atomic E-state index is 12.5. The standard InChI is InChI=1S/C15H21N3O4/c1-21-9-10(16)14(19)17-11-7-8-18(15(11)20)12-5-3-4-6-13(12)22-2/h3-6,10-11H,7-9,16H2,1-2H3,(H,17,19). The van der Waals surface area contributed by atoms with Gasteiger partial charge in [0.25, 0.3) is 0 Å². The van der Waals surface area contributed by atoms with E-state index >= 15 is 0 Å². The van der Waals surface area contributed by atoms with Crippen molar-refractivity contribution in [3.05, 3.63) is 24.3 Å². The first-order valence-corrected chi connectivity index (χ1v) is 7.07. The van der Waals surface area contributed by atoms with Crippen molar-refractivity contribution in [1.29, 1.82) is 0 Å². The van der Waals surface area contributed by atoms with Crippen LogP contribution >= 0.6 is 0 Å². The molecule has 0 radical (unpaired) electrons. The molecule has 2 atom stereocenters. The Bertz CT molecular complexity index is 549. The molecule has 7 nitrogen and oxygen atoms in total. The summed E-state index contributed by atoms with van der Waals surface area (Å²) in [6, 6.07) is 5.94. The number of nitrogens with one attached hydrogen (secondary N) is 1. The van der Waals surface area contributed by atoms with Crippen LogP contribution in [-0.4, -0.2) is 51.3 Å². The molecule has 1 aliphatic rings. The summed E-state index contributed by atoms with van der Waals surface area (Å²) in [5, 5.41) is 2.67. The number of para-hydroxylation sites is 2. The normalized spacial score (nSPS) is 19.1. The largest absolute Gasteiger partial charge is 0.495 e. The number of amides is 2. The lowest BCUT2D eigenvalue weighted by Gasteiger charge is -2.20. The second-order valence-corrected chi connectivity index (χ2v) is 5.07. The molecular weight excluding hydrogens is 286 g/mol. The third-order valence-corrected chi connectivity index (χ3v) is 3.58. The van der Waals surface area contributed by atoms with Crippen molar-refractivity contribution in [2.75, 3.05) is 32.3 Å². The van der Waals surface area contributed by atoms with Gasteiger partial charge in [0.05, 0.1) is 19.4 Å². The van der Waals surface area contributed by atoms with Gasteiger partial charge in [0.15, 0.2) is 0 Å². The highest BCUT2D eigenvalue weighted by Gasteiger charge is 2.35. The zero-order chi connectivity index (χ0) is 16.1. The summed E-state index contributed by atoms with van der Waals surface area (Å²) in [6.07, 6.45) is 0.530. The first-order chi connectivity index (χ1) is 10.6. The highest BCUT2D eigenvalue weighted by Crippen LogP contribution is 2.30. The molecule has 2 amide bonds. The van der Waals surface area contributed by atoms with Gasteiger partial charge in [-0.1, -0.05) is 12.1 Å². The molecule has 1 aromatic rings. The molecule has 22 heavy (non-hydrogen) atoms. The van der Waals surface area contributed by atoms with Crippen LogP contribution in [0, 0.1) is 0 Å². The van der Waals surface area contributed by atoms with Gasteiger partial charge in [0.2, 0.25) is 11.8 Å². The summed E-state index contributed by atoms with van der Waals surface area (Å²) in [5.74, 6) is 0.0726. The number of benzene rings is 1. The molecular formula is C15H21N3O4. The molecule has 7 heteroatoms. The molecule has 0 aliphatic carbocycles. The van der Waals surface area contributed by atoms with Crippen LogP contribution in [0.3, 0.4) is 0 Å². The van der Waals surface area contributed by atoms with Crippen molar-refractivity contribution in [2.45, 2.75) is 18.5 Å². The van der Waals surface area contributed by atoms with E-state index in [4.69, 9.17) is 15.2 Å². The predicted octanol–water partition coefficient (Wildman–Crippen LogP) is -0.110. The molecule has 1 saturated heterocycles. The van der Waals surface area contributed by atoms with E-state index in [0.717, 1.165) is 0 Å². The smallest absolute Gasteiger partial charge is 0.249 e. The van der Waals surface area contributed by atoms with Gasteiger partial charge in [-0.25, -0.2) is 0 Å². The Kier molecular flexibility index (Phi) is 5.35. The highest BCUT2D eigenvalue weighted by atomic mass is 16.5. The van der Waals surface area contributed by atoms with Gasteiger partial charge in [-0.3, -0.25) is 9.59 Å². The topological polar surface area (TPSA) is 93.9 Å². The Hall–Kier alpha value is -2.12. The molecule has 1 fully saturated rings. The zero-order valence-electron chi connectivity index (χ0n) is 12.7. The van der Waals surface area contributed by atoms with Gasteiger partial charge < -0.3 is 25.4 Å². The fourth-order valence-electron chi connectivity index (χ4n) is 2.44. The number of hydrogen-bond donors (Lipinski definition) is 2. The molecule has 2 rings (SSSR count). The third kappa shape index (κ3) is 3.37. The van der Waals surface area contributed by atoms with Crippen LogP contribution in [0.2, 0.25) is 0 Å². The van der Waals surface area contributed by atoms with Crippen LogP contribution < -0.4 is 20.7 Å². The zero-order valence-corrected chi connectivity index (χ0v) is 12.7. The van der Waals surface area contributed by atoms with E-state index in [1.54, 1.807) is 18.1 Å². The summed E-state index contributed by atoms with van der Waals surface area (Å²) in [4.78, 5) is 26.0. The predicted molar refractivity (Wildman–Crippen MR) is 81.7 cm³/mol. The lowest BCUT2D eigenvalue weighted by atomic mass is 10.2. The number of methoxy groups -OCH3 is 2. The van der Waals surface area contributed by atoms with Crippen LogP contribution in [0.1, 0.15) is 6.42 Å². The molecule has 120 valence electrons. The third-order valence-electron chi connectivity index (χ3n) is 3.58. The maximum atomic E-state index is 12.5. The fraction of sp³-hybridized carbons (Fsp3) is 0.467. The minimum absolute atomic E-state index is 0.114. The van der Waals surface area contributed by atoms with Crippen molar-refractivity contribution in [3.8, 4) is 5.75 Å². The van der Waals surface area contributed by atoms with E-state index < -0.39 is 12.1 Å². The van der Waals surface area contributed by atoms with Crippen LogP contribution in [0.4, 0.5) is 5.69 Å². The fourth-order valence-corrected chi connectivity index (χ4v) is 2.44. The number of anilines is 1. The second-order valence-electron chi connectivity index (χ2n) is 5.07. The summed E-state index contributed by atoms with van der Waals surface area (Å²) in [6.45, 7) is 0.632. The van der Waals surface area contributed by atoms with Crippen molar-refractivity contribution in [1.82, 2.24) is 5.32 Å². The Morgan fingerprint density at radius 2 is 2.18 bits per heavy atom. The Labute approximate surface area is 129 Å². The average molecular weight is 307 g/mol. The minimum Gasteiger partial charge on any atom is -0.495 e. The average Bonchev–Trinajstić information content (AvgIpc) is 2.88. The van der Waals surface area contributed by atoms with E-state index in [9.17, 15) is 9.59 Å². The number of hydrogen-bond acceptors (Lipinski definition) is 5. The van der Waals surface area contributed by atoms with E-state index in [1.165, 1.54) is 7.11 Å². The monoisotopic (exact) mass is 307 g/mol. The number of ether oxygens (including phenoxy) is 2. The number of carbonyl (C=O) groups is 2. The lowest BCUT2D eigenvalue weighted by molar-refractivity contribution is -0.128. The van der Waals surface area contributed by atoms with Gasteiger partial charge in [-0.05, 0) is 18.6 Å². The van der Waals surface area contributed by atoms with Gasteiger partial charge in [-0.2, -0.15) is 0 Å². The Morgan fingerprint density at radius 1 is 1.45 bits per heavy atom. The van der Waals surface area contributed by atoms with Crippen LogP contribution in [0.15, 0.2) is 24.3 Å². The second kappa shape index (κ2) is 7.24. The molecule has 1 heterocycles. The molecule has 3 N–H and O–H groups in total. The summed E-state index contributed by atoms with van der Waals surface area (Å²) >= 11 is 0. The van der Waals surface area contributed by atoms with E-state index in [1.807, 2.05) is 18.2 Å². The highest BCUT2D eigenvalue weighted by molar-refractivity contribution is 6.02. The SMILES string of the molecule is COCC(N)C(=O)NC1CCN(c2ccccc2OC)C1=O. The van der Waals surface area contributed by atoms with Gasteiger partial charge in [-0.15, -0.1) is 0 Å². The van der Waals surface area contributed by atoms with E-state index in [2.05, 4.69) is 5.32 Å². The number of nitrogens with zero attached hydrogens (tertiary/aromatic N) is 1. The first-order valence-electron chi connectivity index (χ1n) is 7.07. The quantitative estimate of drug-likeness (QED) is 0.765. The molecule has 0 bridgehead atoms. The summed E-state index contributed by atoms with van der Waals surface area (Å²) < 4.78 is 10.1. The van der Waals surface area contributed by atoms with Crippen molar-refractivity contribution < 1.29 is 19.1 Å². The van der Waals surface area contributed by atoms with Crippen LogP contribution in [-0.2, 0) is 14.3 Å². The number of nitrogens with two attached hydrogens (primary N) is 1. The summed E-state index contributed by atoms with van der Waals surface area (Å²) in [5.41, 5.74) is 6.36. The Morgan fingerprint density at radius 3 is 2.86 bits per heavy atom. The Balaban J connectivity index is 2.05.